The second-order valence-corrected chi connectivity index (χ2v) is 9.59. The molecule has 0 bridgehead atoms. The molecule has 4 aromatic carbocycles. The van der Waals surface area contributed by atoms with Crippen LogP contribution in [0.15, 0.2) is 72.9 Å². The molecule has 0 spiro atoms. The fourth-order valence-corrected chi connectivity index (χ4v) is 5.35. The molecule has 0 unspecified atom stereocenters. The van der Waals surface area contributed by atoms with E-state index in [0.717, 1.165) is 11.5 Å². The summed E-state index contributed by atoms with van der Waals surface area (Å²) in [6, 6.07) is 24.3. The van der Waals surface area contributed by atoms with Gasteiger partial charge >= 0.3 is 0 Å². The first-order valence-electron chi connectivity index (χ1n) is 11.7. The summed E-state index contributed by atoms with van der Waals surface area (Å²) < 4.78 is 8.98. The number of rotatable bonds is 2. The lowest BCUT2D eigenvalue weighted by molar-refractivity contribution is -0.659. The van der Waals surface area contributed by atoms with Crippen molar-refractivity contribution in [2.75, 3.05) is 0 Å². The predicted molar refractivity (Wildman–Crippen MR) is 137 cm³/mol. The van der Waals surface area contributed by atoms with Gasteiger partial charge in [0.15, 0.2) is 6.20 Å². The van der Waals surface area contributed by atoms with Crippen molar-refractivity contribution in [1.82, 2.24) is 0 Å². The van der Waals surface area contributed by atoms with Crippen LogP contribution in [0.1, 0.15) is 36.5 Å². The molecule has 6 rings (SSSR count). The number of hydrogen-bond acceptors (Lipinski definition) is 1. The standard InChI is InChI=1S/C31H28NO/c1-18(2)21-10-12-22(13-11-21)24-16-23-14-15-32(5)30-28-19(3)25-8-6-7-9-26(25)20(4)31(28)33-27(17-24)29(23)30/h6-18H,1-5H3/q+1. The highest BCUT2D eigenvalue weighted by Crippen LogP contribution is 2.51. The van der Waals surface area contributed by atoms with E-state index >= 15 is 0 Å². The zero-order chi connectivity index (χ0) is 22.9. The third-order valence-electron chi connectivity index (χ3n) is 7.24. The summed E-state index contributed by atoms with van der Waals surface area (Å²) >= 11 is 0. The van der Waals surface area contributed by atoms with Gasteiger partial charge in [-0.1, -0.05) is 62.4 Å². The maximum atomic E-state index is 6.74. The van der Waals surface area contributed by atoms with Crippen molar-refractivity contribution in [3.8, 4) is 33.9 Å². The number of benzene rings is 4. The van der Waals surface area contributed by atoms with Gasteiger partial charge in [-0.2, -0.15) is 0 Å². The molecular formula is C31H28NO+. The average molecular weight is 431 g/mol. The number of nitrogens with zero attached hydrogens (tertiary/aromatic N) is 1. The smallest absolute Gasteiger partial charge is 0.228 e. The molecule has 0 saturated carbocycles. The average Bonchev–Trinajstić information content (AvgIpc) is 2.84. The summed E-state index contributed by atoms with van der Waals surface area (Å²) in [5.41, 5.74) is 8.67. The van der Waals surface area contributed by atoms with E-state index in [1.54, 1.807) is 0 Å². The Morgan fingerprint density at radius 3 is 2.18 bits per heavy atom. The summed E-state index contributed by atoms with van der Waals surface area (Å²) in [6.45, 7) is 8.87. The van der Waals surface area contributed by atoms with Gasteiger partial charge in [0.05, 0.1) is 10.9 Å². The maximum Gasteiger partial charge on any atom is 0.228 e. The van der Waals surface area contributed by atoms with Gasteiger partial charge in [0, 0.05) is 11.6 Å². The molecule has 0 N–H and O–H groups in total. The van der Waals surface area contributed by atoms with Crippen LogP contribution in [0.5, 0.6) is 11.5 Å². The summed E-state index contributed by atoms with van der Waals surface area (Å²) in [5.74, 6) is 2.45. The van der Waals surface area contributed by atoms with Crippen LogP contribution in [0, 0.1) is 13.8 Å². The zero-order valence-electron chi connectivity index (χ0n) is 19.9. The molecule has 2 heteroatoms. The monoisotopic (exact) mass is 430 g/mol. The highest BCUT2D eigenvalue weighted by Gasteiger charge is 2.32. The Bertz CT molecular complexity index is 1580. The van der Waals surface area contributed by atoms with E-state index in [1.165, 1.54) is 60.6 Å². The Morgan fingerprint density at radius 1 is 0.788 bits per heavy atom. The first kappa shape index (κ1) is 20.0. The minimum absolute atomic E-state index is 0.528. The summed E-state index contributed by atoms with van der Waals surface area (Å²) in [4.78, 5) is 0. The fourth-order valence-electron chi connectivity index (χ4n) is 5.35. The Hall–Kier alpha value is -3.65. The Morgan fingerprint density at radius 2 is 1.48 bits per heavy atom. The van der Waals surface area contributed by atoms with Crippen molar-refractivity contribution in [1.29, 1.82) is 0 Å². The molecule has 162 valence electrons. The molecule has 0 saturated heterocycles. The van der Waals surface area contributed by atoms with Crippen LogP contribution < -0.4 is 9.30 Å². The number of aromatic nitrogens is 1. The van der Waals surface area contributed by atoms with Gasteiger partial charge in [-0.25, -0.2) is 4.57 Å². The molecule has 0 radical (unpaired) electrons. The topological polar surface area (TPSA) is 13.1 Å². The van der Waals surface area contributed by atoms with Crippen LogP contribution >= 0.6 is 0 Å². The summed E-state index contributed by atoms with van der Waals surface area (Å²) in [5, 5.41) is 4.94. The first-order chi connectivity index (χ1) is 15.9. The van der Waals surface area contributed by atoms with Gasteiger partial charge in [-0.15, -0.1) is 0 Å². The quantitative estimate of drug-likeness (QED) is 0.254. The molecule has 0 fully saturated rings. The summed E-state index contributed by atoms with van der Waals surface area (Å²) in [6.07, 6.45) is 2.17. The number of ether oxygens (including phenoxy) is 1. The van der Waals surface area contributed by atoms with Crippen molar-refractivity contribution in [3.05, 3.63) is 89.6 Å². The number of hydrogen-bond donors (Lipinski definition) is 0. The lowest BCUT2D eigenvalue weighted by Gasteiger charge is -2.24. The molecule has 2 nitrogen and oxygen atoms in total. The number of aryl methyl sites for hydroxylation is 3. The SMILES string of the molecule is Cc1c2c(c(C)c3ccccc13)-c1c3c(cc(-c4ccc(C(C)C)cc4)cc3cc[n+]1C)O2. The molecule has 1 aliphatic heterocycles. The van der Waals surface area contributed by atoms with Crippen LogP contribution in [-0.4, -0.2) is 0 Å². The van der Waals surface area contributed by atoms with E-state index in [1.807, 2.05) is 0 Å². The van der Waals surface area contributed by atoms with Crippen molar-refractivity contribution in [3.63, 3.8) is 0 Å². The fraction of sp³-hybridized carbons (Fsp3) is 0.194. The molecule has 1 aliphatic rings. The lowest BCUT2D eigenvalue weighted by Crippen LogP contribution is -2.32. The van der Waals surface area contributed by atoms with E-state index in [4.69, 9.17) is 4.74 Å². The molecule has 2 heterocycles. The van der Waals surface area contributed by atoms with Crippen LogP contribution in [0.25, 0.3) is 43.9 Å². The van der Waals surface area contributed by atoms with Gasteiger partial charge in [0.1, 0.15) is 18.5 Å². The van der Waals surface area contributed by atoms with E-state index in [2.05, 4.69) is 112 Å². The molecule has 0 aliphatic carbocycles. The largest absolute Gasteiger partial charge is 0.455 e. The number of pyridine rings is 1. The van der Waals surface area contributed by atoms with E-state index in [0.29, 0.717) is 5.92 Å². The van der Waals surface area contributed by atoms with E-state index < -0.39 is 0 Å². The van der Waals surface area contributed by atoms with Gasteiger partial charge < -0.3 is 4.74 Å². The Labute approximate surface area is 195 Å². The van der Waals surface area contributed by atoms with Crippen LogP contribution in [0.2, 0.25) is 0 Å². The maximum absolute atomic E-state index is 6.74. The van der Waals surface area contributed by atoms with E-state index in [9.17, 15) is 0 Å². The second-order valence-electron chi connectivity index (χ2n) is 9.59. The van der Waals surface area contributed by atoms with Crippen LogP contribution in [0.4, 0.5) is 0 Å². The second kappa shape index (κ2) is 7.18. The zero-order valence-corrected chi connectivity index (χ0v) is 19.9. The van der Waals surface area contributed by atoms with Crippen molar-refractivity contribution in [2.24, 2.45) is 7.05 Å². The van der Waals surface area contributed by atoms with Gasteiger partial charge in [-0.05, 0) is 70.3 Å². The van der Waals surface area contributed by atoms with Gasteiger partial charge in [0.2, 0.25) is 5.69 Å². The molecule has 5 aromatic rings. The normalized spacial score (nSPS) is 12.3. The third kappa shape index (κ3) is 2.90. The minimum atomic E-state index is 0.528. The molecule has 33 heavy (non-hydrogen) atoms. The predicted octanol–water partition coefficient (Wildman–Crippen LogP) is 8.00. The highest BCUT2D eigenvalue weighted by molar-refractivity contribution is 6.07. The molecule has 1 aromatic heterocycles. The molecule has 0 amide bonds. The molecular weight excluding hydrogens is 402 g/mol. The van der Waals surface area contributed by atoms with Crippen molar-refractivity contribution < 1.29 is 9.30 Å². The Kier molecular flexibility index (Phi) is 4.35. The van der Waals surface area contributed by atoms with Crippen molar-refractivity contribution >= 4 is 21.5 Å². The minimum Gasteiger partial charge on any atom is -0.455 e. The first-order valence-corrected chi connectivity index (χ1v) is 11.7. The summed E-state index contributed by atoms with van der Waals surface area (Å²) in [7, 11) is 2.14. The van der Waals surface area contributed by atoms with Crippen LogP contribution in [-0.2, 0) is 7.05 Å². The number of fused-ring (bicyclic) bond motifs is 3. The third-order valence-corrected chi connectivity index (χ3v) is 7.24. The lowest BCUT2D eigenvalue weighted by atomic mass is 9.88. The van der Waals surface area contributed by atoms with Crippen LogP contribution in [0.3, 0.4) is 0 Å². The van der Waals surface area contributed by atoms with Crippen molar-refractivity contribution in [2.45, 2.75) is 33.6 Å². The van der Waals surface area contributed by atoms with Gasteiger partial charge in [0.25, 0.3) is 0 Å². The Balaban J connectivity index is 1.64. The highest BCUT2D eigenvalue weighted by atomic mass is 16.5. The van der Waals surface area contributed by atoms with Gasteiger partial charge in [-0.3, -0.25) is 0 Å². The molecule has 0 atom stereocenters. The van der Waals surface area contributed by atoms with E-state index in [-0.39, 0.29) is 0 Å².